The molecule has 0 saturated carbocycles. The topological polar surface area (TPSA) is 35.2 Å². The third-order valence-electron chi connectivity index (χ3n) is 2.36. The van der Waals surface area contributed by atoms with E-state index in [4.69, 9.17) is 22.1 Å². The van der Waals surface area contributed by atoms with Gasteiger partial charge in [-0.25, -0.2) is 4.39 Å². The van der Waals surface area contributed by atoms with Crippen molar-refractivity contribution >= 4 is 33.2 Å². The van der Waals surface area contributed by atoms with E-state index in [1.165, 1.54) is 12.1 Å². The molecule has 2 aromatic rings. The lowest BCUT2D eigenvalue weighted by molar-refractivity contribution is 0.482. The fourth-order valence-electron chi connectivity index (χ4n) is 1.44. The summed E-state index contributed by atoms with van der Waals surface area (Å²) >= 11 is 9.10. The Hall–Kier alpha value is -1.26. The Labute approximate surface area is 118 Å². The van der Waals surface area contributed by atoms with E-state index in [2.05, 4.69) is 15.9 Å². The van der Waals surface area contributed by atoms with Crippen LogP contribution in [0.4, 0.5) is 10.1 Å². The van der Waals surface area contributed by atoms with Gasteiger partial charge in [-0.1, -0.05) is 17.7 Å². The third-order valence-corrected chi connectivity index (χ3v) is 3.28. The number of nitrogen functional groups attached to an aromatic ring is 1. The van der Waals surface area contributed by atoms with Gasteiger partial charge in [0.1, 0.15) is 11.6 Å². The summed E-state index contributed by atoms with van der Waals surface area (Å²) in [6, 6.07) is 8.07. The fourth-order valence-corrected chi connectivity index (χ4v) is 1.92. The van der Waals surface area contributed by atoms with Crippen molar-refractivity contribution in [3.63, 3.8) is 0 Å². The second-order valence-electron chi connectivity index (χ2n) is 3.84. The SMILES string of the molecule is Cc1ccc(Cl)c(Oc2cc(Br)c(F)cc2N)c1. The standard InChI is InChI=1S/C13H10BrClFNO/c1-7-2-3-9(15)12(4-7)18-13-5-8(14)10(16)6-11(13)17/h2-6H,17H2,1H3. The minimum atomic E-state index is -0.435. The van der Waals surface area contributed by atoms with Gasteiger partial charge in [-0.2, -0.15) is 0 Å². The van der Waals surface area contributed by atoms with Crippen molar-refractivity contribution in [3.05, 3.63) is 51.2 Å². The number of rotatable bonds is 2. The van der Waals surface area contributed by atoms with E-state index in [0.717, 1.165) is 5.56 Å². The number of aryl methyl sites for hydroxylation is 1. The van der Waals surface area contributed by atoms with Crippen LogP contribution in [0.3, 0.4) is 0 Å². The van der Waals surface area contributed by atoms with Crippen molar-refractivity contribution in [1.82, 2.24) is 0 Å². The molecule has 2 rings (SSSR count). The van der Waals surface area contributed by atoms with Crippen molar-refractivity contribution in [2.24, 2.45) is 0 Å². The summed E-state index contributed by atoms with van der Waals surface area (Å²) in [7, 11) is 0. The van der Waals surface area contributed by atoms with Crippen LogP contribution in [0.2, 0.25) is 5.02 Å². The van der Waals surface area contributed by atoms with Crippen LogP contribution in [-0.2, 0) is 0 Å². The van der Waals surface area contributed by atoms with Crippen molar-refractivity contribution in [1.29, 1.82) is 0 Å². The molecule has 0 unspecified atom stereocenters. The molecule has 0 aliphatic rings. The first kappa shape index (κ1) is 13.2. The summed E-state index contributed by atoms with van der Waals surface area (Å²) < 4.78 is 19.1. The lowest BCUT2D eigenvalue weighted by Crippen LogP contribution is -1.94. The summed E-state index contributed by atoms with van der Waals surface area (Å²) in [6.07, 6.45) is 0. The Balaban J connectivity index is 2.40. The molecule has 5 heteroatoms. The van der Waals surface area contributed by atoms with E-state index in [1.54, 1.807) is 12.1 Å². The third kappa shape index (κ3) is 2.76. The minimum absolute atomic E-state index is 0.216. The highest BCUT2D eigenvalue weighted by molar-refractivity contribution is 9.10. The summed E-state index contributed by atoms with van der Waals surface area (Å²) in [4.78, 5) is 0. The normalized spacial score (nSPS) is 10.4. The molecule has 0 bridgehead atoms. The van der Waals surface area contributed by atoms with Crippen LogP contribution in [-0.4, -0.2) is 0 Å². The van der Waals surface area contributed by atoms with Crippen molar-refractivity contribution in [3.8, 4) is 11.5 Å². The van der Waals surface area contributed by atoms with Crippen LogP contribution >= 0.6 is 27.5 Å². The van der Waals surface area contributed by atoms with Crippen molar-refractivity contribution < 1.29 is 9.13 Å². The molecule has 0 fully saturated rings. The van der Waals surface area contributed by atoms with Crippen LogP contribution in [0.1, 0.15) is 5.56 Å². The molecule has 94 valence electrons. The van der Waals surface area contributed by atoms with Crippen LogP contribution in [0, 0.1) is 12.7 Å². The largest absolute Gasteiger partial charge is 0.454 e. The first-order valence-corrected chi connectivity index (χ1v) is 6.33. The number of hydrogen-bond acceptors (Lipinski definition) is 2. The number of anilines is 1. The molecule has 2 nitrogen and oxygen atoms in total. The predicted molar refractivity (Wildman–Crippen MR) is 74.8 cm³/mol. The zero-order valence-electron chi connectivity index (χ0n) is 9.51. The Morgan fingerprint density at radius 1 is 1.22 bits per heavy atom. The highest BCUT2D eigenvalue weighted by Gasteiger charge is 2.10. The minimum Gasteiger partial charge on any atom is -0.454 e. The number of ether oxygens (including phenoxy) is 1. The summed E-state index contributed by atoms with van der Waals surface area (Å²) in [5.74, 6) is 0.410. The molecule has 0 atom stereocenters. The van der Waals surface area contributed by atoms with Gasteiger partial charge in [0.25, 0.3) is 0 Å². The molecule has 0 spiro atoms. The average Bonchev–Trinajstić information content (AvgIpc) is 2.30. The predicted octanol–water partition coefficient (Wildman–Crippen LogP) is 4.92. The maximum absolute atomic E-state index is 13.2. The van der Waals surface area contributed by atoms with Crippen molar-refractivity contribution in [2.75, 3.05) is 5.73 Å². The van der Waals surface area contributed by atoms with E-state index >= 15 is 0 Å². The summed E-state index contributed by atoms with van der Waals surface area (Å²) in [6.45, 7) is 1.92. The maximum Gasteiger partial charge on any atom is 0.151 e. The van der Waals surface area contributed by atoms with Crippen LogP contribution < -0.4 is 10.5 Å². The van der Waals surface area contributed by atoms with Gasteiger partial charge in [-0.15, -0.1) is 0 Å². The summed E-state index contributed by atoms with van der Waals surface area (Å²) in [5.41, 5.74) is 6.92. The molecule has 2 N–H and O–H groups in total. The monoisotopic (exact) mass is 329 g/mol. The Kier molecular flexibility index (Phi) is 3.78. The molecule has 0 aliphatic carbocycles. The smallest absolute Gasteiger partial charge is 0.151 e. The van der Waals surface area contributed by atoms with Crippen LogP contribution in [0.25, 0.3) is 0 Å². The Morgan fingerprint density at radius 2 is 1.94 bits per heavy atom. The molecule has 0 amide bonds. The van der Waals surface area contributed by atoms with Gasteiger partial charge >= 0.3 is 0 Å². The summed E-state index contributed by atoms with van der Waals surface area (Å²) in [5, 5.41) is 0.473. The van der Waals surface area contributed by atoms with Crippen LogP contribution in [0.15, 0.2) is 34.8 Å². The molecule has 2 aromatic carbocycles. The molecular formula is C13H10BrClFNO. The Bertz CT molecular complexity index is 604. The molecule has 0 aromatic heterocycles. The quantitative estimate of drug-likeness (QED) is 0.793. The van der Waals surface area contributed by atoms with Gasteiger partial charge in [0, 0.05) is 12.1 Å². The zero-order valence-corrected chi connectivity index (χ0v) is 11.8. The second-order valence-corrected chi connectivity index (χ2v) is 5.10. The van der Waals surface area contributed by atoms with Gasteiger partial charge in [0.2, 0.25) is 0 Å². The number of hydrogen-bond donors (Lipinski definition) is 1. The highest BCUT2D eigenvalue weighted by atomic mass is 79.9. The van der Waals surface area contributed by atoms with E-state index in [-0.39, 0.29) is 10.2 Å². The van der Waals surface area contributed by atoms with Crippen molar-refractivity contribution in [2.45, 2.75) is 6.92 Å². The molecule has 0 heterocycles. The molecule has 0 aliphatic heterocycles. The van der Waals surface area contributed by atoms with E-state index in [0.29, 0.717) is 16.5 Å². The number of nitrogens with two attached hydrogens (primary N) is 1. The fraction of sp³-hybridized carbons (Fsp3) is 0.0769. The van der Waals surface area contributed by atoms with Gasteiger partial charge in [-0.05, 0) is 40.5 Å². The first-order valence-electron chi connectivity index (χ1n) is 5.16. The average molecular weight is 331 g/mol. The van der Waals surface area contributed by atoms with E-state index in [9.17, 15) is 4.39 Å². The number of benzene rings is 2. The maximum atomic E-state index is 13.2. The molecule has 18 heavy (non-hydrogen) atoms. The molecular weight excluding hydrogens is 321 g/mol. The van der Waals surface area contributed by atoms with Gasteiger partial charge in [0.05, 0.1) is 15.2 Å². The molecule has 0 saturated heterocycles. The van der Waals surface area contributed by atoms with Gasteiger partial charge < -0.3 is 10.5 Å². The van der Waals surface area contributed by atoms with E-state index < -0.39 is 5.82 Å². The van der Waals surface area contributed by atoms with Crippen LogP contribution in [0.5, 0.6) is 11.5 Å². The lowest BCUT2D eigenvalue weighted by atomic mass is 10.2. The zero-order chi connectivity index (χ0) is 13.3. The molecule has 0 radical (unpaired) electrons. The first-order chi connectivity index (χ1) is 8.47. The lowest BCUT2D eigenvalue weighted by Gasteiger charge is -2.11. The Morgan fingerprint density at radius 3 is 2.67 bits per heavy atom. The highest BCUT2D eigenvalue weighted by Crippen LogP contribution is 2.35. The van der Waals surface area contributed by atoms with Gasteiger partial charge in [0.15, 0.2) is 5.75 Å². The second kappa shape index (κ2) is 5.16. The number of halogens is 3. The van der Waals surface area contributed by atoms with Gasteiger partial charge in [-0.3, -0.25) is 0 Å². The van der Waals surface area contributed by atoms with E-state index in [1.807, 2.05) is 13.0 Å².